The Balaban J connectivity index is 1.87. The summed E-state index contributed by atoms with van der Waals surface area (Å²) in [5.41, 5.74) is 1.83. The molecule has 0 unspecified atom stereocenters. The Kier molecular flexibility index (Phi) is 3.66. The quantitative estimate of drug-likeness (QED) is 0.436. The molecule has 7 nitrogen and oxygen atoms in total. The second-order valence-electron chi connectivity index (χ2n) is 5.32. The molecule has 0 fully saturated rings. The summed E-state index contributed by atoms with van der Waals surface area (Å²) in [6, 6.07) is 10.9. The zero-order valence-electron chi connectivity index (χ0n) is 13.2. The maximum absolute atomic E-state index is 13.1. The molecule has 0 amide bonds. The molecule has 124 valence electrons. The summed E-state index contributed by atoms with van der Waals surface area (Å²) in [4.78, 5) is 20.3. The fourth-order valence-corrected chi connectivity index (χ4v) is 2.94. The third kappa shape index (κ3) is 2.52. The van der Waals surface area contributed by atoms with Gasteiger partial charge in [-0.3, -0.25) is 14.5 Å². The summed E-state index contributed by atoms with van der Waals surface area (Å²) in [6.07, 6.45) is 3.30. The van der Waals surface area contributed by atoms with Crippen LogP contribution in [0.2, 0.25) is 0 Å². The minimum absolute atomic E-state index is 0.197. The number of methoxy groups -OCH3 is 1. The van der Waals surface area contributed by atoms with E-state index in [-0.39, 0.29) is 11.6 Å². The summed E-state index contributed by atoms with van der Waals surface area (Å²) in [6.45, 7) is 0. The Labute approximate surface area is 147 Å². The van der Waals surface area contributed by atoms with Gasteiger partial charge in [-0.2, -0.15) is 5.10 Å². The number of benzene rings is 1. The summed E-state index contributed by atoms with van der Waals surface area (Å²) < 4.78 is 7.17. The van der Waals surface area contributed by atoms with Crippen molar-refractivity contribution in [1.82, 2.24) is 24.7 Å². The van der Waals surface area contributed by atoms with Crippen LogP contribution in [0.15, 0.2) is 48.8 Å². The maximum atomic E-state index is 13.1. The topological polar surface area (TPSA) is 88.6 Å². The van der Waals surface area contributed by atoms with Crippen molar-refractivity contribution in [3.63, 3.8) is 0 Å². The molecule has 3 aromatic heterocycles. The fraction of sp³-hybridized carbons (Fsp3) is 0.0588. The standard InChI is InChI=1S/C17H13N5O2S/c1-24-11-5-2-4-10(8-11)22-16(20-21-17(22)25)14(23)13-9-19-15-12(13)6-3-7-18-15/h2-9H,1H3,(H,18,19)(H,21,25). The van der Waals surface area contributed by atoms with Gasteiger partial charge < -0.3 is 9.72 Å². The molecule has 0 aliphatic carbocycles. The van der Waals surface area contributed by atoms with Crippen LogP contribution in [-0.2, 0) is 0 Å². The predicted octanol–water partition coefficient (Wildman–Crippen LogP) is 3.05. The normalized spacial score (nSPS) is 10.9. The zero-order valence-corrected chi connectivity index (χ0v) is 14.0. The number of hydrogen-bond donors (Lipinski definition) is 2. The fourth-order valence-electron chi connectivity index (χ4n) is 2.70. The molecule has 0 atom stereocenters. The van der Waals surface area contributed by atoms with E-state index in [4.69, 9.17) is 17.0 Å². The Morgan fingerprint density at radius 1 is 1.28 bits per heavy atom. The van der Waals surface area contributed by atoms with E-state index in [9.17, 15) is 4.79 Å². The number of hydrogen-bond acceptors (Lipinski definition) is 5. The molecule has 8 heteroatoms. The highest BCUT2D eigenvalue weighted by atomic mass is 32.1. The van der Waals surface area contributed by atoms with Gasteiger partial charge in [0.1, 0.15) is 11.4 Å². The minimum Gasteiger partial charge on any atom is -0.497 e. The second kappa shape index (κ2) is 5.99. The first-order chi connectivity index (χ1) is 12.2. The molecule has 0 spiro atoms. The van der Waals surface area contributed by atoms with Gasteiger partial charge in [-0.15, -0.1) is 0 Å². The number of ketones is 1. The maximum Gasteiger partial charge on any atom is 0.232 e. The van der Waals surface area contributed by atoms with E-state index < -0.39 is 0 Å². The number of fused-ring (bicyclic) bond motifs is 1. The summed E-state index contributed by atoms with van der Waals surface area (Å²) in [5, 5.41) is 7.56. The summed E-state index contributed by atoms with van der Waals surface area (Å²) in [5.74, 6) is 0.604. The molecule has 2 N–H and O–H groups in total. The van der Waals surface area contributed by atoms with Crippen molar-refractivity contribution in [2.24, 2.45) is 0 Å². The molecular formula is C17H13N5O2S. The van der Waals surface area contributed by atoms with Gasteiger partial charge in [-0.05, 0) is 36.5 Å². The van der Waals surface area contributed by atoms with E-state index in [0.29, 0.717) is 27.4 Å². The van der Waals surface area contributed by atoms with Crippen LogP contribution in [0.5, 0.6) is 5.75 Å². The van der Waals surface area contributed by atoms with Crippen molar-refractivity contribution in [1.29, 1.82) is 0 Å². The number of pyridine rings is 1. The second-order valence-corrected chi connectivity index (χ2v) is 5.71. The van der Waals surface area contributed by atoms with Crippen molar-refractivity contribution in [2.45, 2.75) is 0 Å². The van der Waals surface area contributed by atoms with Gasteiger partial charge >= 0.3 is 0 Å². The molecule has 0 aliphatic heterocycles. The highest BCUT2D eigenvalue weighted by Crippen LogP contribution is 2.22. The molecule has 4 aromatic rings. The third-order valence-corrected chi connectivity index (χ3v) is 4.16. The molecule has 0 saturated heterocycles. The predicted molar refractivity (Wildman–Crippen MR) is 94.8 cm³/mol. The van der Waals surface area contributed by atoms with Crippen LogP contribution in [0.4, 0.5) is 0 Å². The molecule has 0 saturated carbocycles. The van der Waals surface area contributed by atoms with Gasteiger partial charge in [-0.25, -0.2) is 4.98 Å². The van der Waals surface area contributed by atoms with Gasteiger partial charge in [0.25, 0.3) is 0 Å². The number of rotatable bonds is 4. The van der Waals surface area contributed by atoms with Crippen molar-refractivity contribution in [2.75, 3.05) is 7.11 Å². The zero-order chi connectivity index (χ0) is 17.4. The first-order valence-corrected chi connectivity index (χ1v) is 7.88. The third-order valence-electron chi connectivity index (χ3n) is 3.88. The van der Waals surface area contributed by atoms with Crippen LogP contribution >= 0.6 is 12.2 Å². The highest BCUT2D eigenvalue weighted by molar-refractivity contribution is 7.71. The number of nitrogens with one attached hydrogen (secondary N) is 2. The number of carbonyl (C=O) groups excluding carboxylic acids is 1. The van der Waals surface area contributed by atoms with E-state index in [1.807, 2.05) is 24.3 Å². The van der Waals surface area contributed by atoms with Crippen molar-refractivity contribution < 1.29 is 9.53 Å². The lowest BCUT2D eigenvalue weighted by Crippen LogP contribution is -2.10. The number of aromatic amines is 2. The smallest absolute Gasteiger partial charge is 0.232 e. The van der Waals surface area contributed by atoms with E-state index in [2.05, 4.69) is 20.2 Å². The van der Waals surface area contributed by atoms with Crippen molar-refractivity contribution in [3.05, 3.63) is 65.0 Å². The van der Waals surface area contributed by atoms with Gasteiger partial charge in [-0.1, -0.05) is 6.07 Å². The first-order valence-electron chi connectivity index (χ1n) is 7.47. The van der Waals surface area contributed by atoms with Gasteiger partial charge in [0, 0.05) is 23.8 Å². The van der Waals surface area contributed by atoms with E-state index >= 15 is 0 Å². The Bertz CT molecular complexity index is 1140. The molecule has 0 radical (unpaired) electrons. The lowest BCUT2D eigenvalue weighted by atomic mass is 10.1. The molecule has 0 bridgehead atoms. The Hall–Kier alpha value is -3.26. The molecule has 3 heterocycles. The number of H-pyrrole nitrogens is 2. The molecule has 4 rings (SSSR count). The van der Waals surface area contributed by atoms with E-state index in [1.54, 1.807) is 36.2 Å². The van der Waals surface area contributed by atoms with Crippen LogP contribution in [0, 0.1) is 4.77 Å². The van der Waals surface area contributed by atoms with E-state index in [1.165, 1.54) is 0 Å². The van der Waals surface area contributed by atoms with Crippen LogP contribution < -0.4 is 4.74 Å². The molecule has 0 aliphatic rings. The Morgan fingerprint density at radius 3 is 3.00 bits per heavy atom. The lowest BCUT2D eigenvalue weighted by molar-refractivity contribution is 0.102. The lowest BCUT2D eigenvalue weighted by Gasteiger charge is -2.07. The minimum atomic E-state index is -0.255. The van der Waals surface area contributed by atoms with Gasteiger partial charge in [0.05, 0.1) is 18.4 Å². The van der Waals surface area contributed by atoms with Gasteiger partial charge in [0.2, 0.25) is 11.6 Å². The van der Waals surface area contributed by atoms with Crippen LogP contribution in [0.3, 0.4) is 0 Å². The summed E-state index contributed by atoms with van der Waals surface area (Å²) >= 11 is 5.31. The van der Waals surface area contributed by atoms with Crippen LogP contribution in [0.25, 0.3) is 16.7 Å². The van der Waals surface area contributed by atoms with Crippen molar-refractivity contribution >= 4 is 29.0 Å². The molecule has 25 heavy (non-hydrogen) atoms. The average Bonchev–Trinajstić information content (AvgIpc) is 3.25. The largest absolute Gasteiger partial charge is 0.497 e. The average molecular weight is 351 g/mol. The monoisotopic (exact) mass is 351 g/mol. The Morgan fingerprint density at radius 2 is 2.16 bits per heavy atom. The highest BCUT2D eigenvalue weighted by Gasteiger charge is 2.21. The van der Waals surface area contributed by atoms with Crippen LogP contribution in [0.1, 0.15) is 16.2 Å². The number of nitrogens with zero attached hydrogens (tertiary/aromatic N) is 3. The first kappa shape index (κ1) is 15.3. The van der Waals surface area contributed by atoms with Crippen molar-refractivity contribution in [3.8, 4) is 11.4 Å². The number of carbonyl (C=O) groups is 1. The SMILES string of the molecule is COc1cccc(-n2c(C(=O)c3c[nH]c4ncccc34)n[nH]c2=S)c1. The number of ether oxygens (including phenoxy) is 1. The van der Waals surface area contributed by atoms with E-state index in [0.717, 1.165) is 5.39 Å². The van der Waals surface area contributed by atoms with Gasteiger partial charge in [0.15, 0.2) is 4.77 Å². The molecular weight excluding hydrogens is 338 g/mol. The summed E-state index contributed by atoms with van der Waals surface area (Å²) in [7, 11) is 1.58. The number of aromatic nitrogens is 5. The molecule has 1 aromatic carbocycles. The van der Waals surface area contributed by atoms with Crippen LogP contribution in [-0.4, -0.2) is 37.6 Å².